The minimum absolute atomic E-state index is 0.219. The third kappa shape index (κ3) is 8.20. The molecular formula is C30H37ClN4O3. The van der Waals surface area contributed by atoms with Crippen LogP contribution in [0.2, 0.25) is 5.02 Å². The predicted molar refractivity (Wildman–Crippen MR) is 151 cm³/mol. The number of primary amides is 1. The molecule has 2 amide bonds. The number of amides is 2. The van der Waals surface area contributed by atoms with E-state index in [0.717, 1.165) is 56.3 Å². The Balaban J connectivity index is 1.20. The van der Waals surface area contributed by atoms with Crippen LogP contribution in [0.1, 0.15) is 35.6 Å². The molecule has 3 aromatic carbocycles. The van der Waals surface area contributed by atoms with Crippen molar-refractivity contribution in [3.05, 3.63) is 101 Å². The van der Waals surface area contributed by atoms with Gasteiger partial charge in [-0.05, 0) is 60.2 Å². The van der Waals surface area contributed by atoms with Crippen LogP contribution in [0.25, 0.3) is 0 Å². The van der Waals surface area contributed by atoms with E-state index in [1.165, 1.54) is 16.7 Å². The van der Waals surface area contributed by atoms with Crippen LogP contribution in [-0.4, -0.2) is 72.0 Å². The molecule has 0 aromatic heterocycles. The maximum Gasteiger partial charge on any atom is 0.338 e. The lowest BCUT2D eigenvalue weighted by Gasteiger charge is -2.39. The standard InChI is InChI=1S/C30H37ClN4O3/c31-27-13-11-26(12-14-27)29(25-7-2-1-3-8-25)34-20-18-33(19-21-34)22-23-38-28-15-9-24(10-16-28)6-4-5-17-35(37)30(32)36/h1-3,7-16,29,37H,4-6,17-23H2,(H2,32,36)/t29-/m1/s1. The maximum absolute atomic E-state index is 10.8. The van der Waals surface area contributed by atoms with Crippen molar-refractivity contribution in [2.45, 2.75) is 25.3 Å². The number of hydroxylamine groups is 2. The van der Waals surface area contributed by atoms with Crippen molar-refractivity contribution in [1.82, 2.24) is 14.9 Å². The van der Waals surface area contributed by atoms with E-state index in [0.29, 0.717) is 18.1 Å². The quantitative estimate of drug-likeness (QED) is 0.188. The number of unbranched alkanes of at least 4 members (excludes halogenated alkanes) is 1. The first-order valence-corrected chi connectivity index (χ1v) is 13.6. The number of nitrogens with two attached hydrogens (primary N) is 1. The van der Waals surface area contributed by atoms with Crippen LogP contribution in [0.5, 0.6) is 5.75 Å². The summed E-state index contributed by atoms with van der Waals surface area (Å²) in [7, 11) is 0. The highest BCUT2D eigenvalue weighted by Crippen LogP contribution is 2.30. The Morgan fingerprint density at radius 1 is 0.921 bits per heavy atom. The second kappa shape index (κ2) is 14.2. The number of nitrogens with zero attached hydrogens (tertiary/aromatic N) is 3. The molecule has 202 valence electrons. The highest BCUT2D eigenvalue weighted by molar-refractivity contribution is 6.30. The fourth-order valence-corrected chi connectivity index (χ4v) is 5.01. The second-order valence-electron chi connectivity index (χ2n) is 9.65. The number of rotatable bonds is 12. The molecule has 0 radical (unpaired) electrons. The molecule has 0 spiro atoms. The summed E-state index contributed by atoms with van der Waals surface area (Å²) in [6.45, 7) is 5.77. The van der Waals surface area contributed by atoms with Gasteiger partial charge in [0.2, 0.25) is 0 Å². The number of hydrogen-bond donors (Lipinski definition) is 2. The molecule has 1 aliphatic rings. The molecule has 1 heterocycles. The van der Waals surface area contributed by atoms with Gasteiger partial charge in [-0.15, -0.1) is 0 Å². The largest absolute Gasteiger partial charge is 0.492 e. The van der Waals surface area contributed by atoms with E-state index in [9.17, 15) is 10.0 Å². The number of carbonyl (C=O) groups is 1. The number of ether oxygens (including phenoxy) is 1. The Morgan fingerprint density at radius 2 is 1.58 bits per heavy atom. The number of halogens is 1. The number of benzene rings is 3. The zero-order chi connectivity index (χ0) is 26.7. The van der Waals surface area contributed by atoms with E-state index in [4.69, 9.17) is 22.1 Å². The van der Waals surface area contributed by atoms with Gasteiger partial charge in [-0.1, -0.05) is 66.2 Å². The summed E-state index contributed by atoms with van der Waals surface area (Å²) in [5.41, 5.74) is 8.78. The van der Waals surface area contributed by atoms with Crippen LogP contribution in [0.15, 0.2) is 78.9 Å². The smallest absolute Gasteiger partial charge is 0.338 e. The van der Waals surface area contributed by atoms with Gasteiger partial charge in [0.25, 0.3) is 0 Å². The predicted octanol–water partition coefficient (Wildman–Crippen LogP) is 5.22. The van der Waals surface area contributed by atoms with Gasteiger partial charge in [0, 0.05) is 37.7 Å². The number of urea groups is 1. The first-order chi connectivity index (χ1) is 18.5. The second-order valence-corrected chi connectivity index (χ2v) is 10.1. The third-order valence-electron chi connectivity index (χ3n) is 7.01. The number of carbonyl (C=O) groups excluding carboxylic acids is 1. The van der Waals surface area contributed by atoms with Crippen molar-refractivity contribution in [3.8, 4) is 5.75 Å². The van der Waals surface area contributed by atoms with E-state index in [1.807, 2.05) is 24.3 Å². The first kappa shape index (κ1) is 27.9. The molecule has 0 saturated carbocycles. The van der Waals surface area contributed by atoms with E-state index in [-0.39, 0.29) is 12.6 Å². The van der Waals surface area contributed by atoms with Gasteiger partial charge in [-0.25, -0.2) is 9.86 Å². The molecule has 7 nitrogen and oxygen atoms in total. The summed E-state index contributed by atoms with van der Waals surface area (Å²) >= 11 is 6.16. The average molecular weight is 537 g/mol. The lowest BCUT2D eigenvalue weighted by atomic mass is 9.96. The summed E-state index contributed by atoms with van der Waals surface area (Å²) in [6, 6.07) is 26.5. The van der Waals surface area contributed by atoms with Crippen LogP contribution in [0.4, 0.5) is 4.79 Å². The molecule has 0 aliphatic carbocycles. The summed E-state index contributed by atoms with van der Waals surface area (Å²) in [5, 5.41) is 10.6. The SMILES string of the molecule is NC(=O)N(O)CCCCc1ccc(OCCN2CCN([C@H](c3ccccc3)c3ccc(Cl)cc3)CC2)cc1. The van der Waals surface area contributed by atoms with Gasteiger partial charge in [-0.3, -0.25) is 15.0 Å². The molecule has 3 aromatic rings. The van der Waals surface area contributed by atoms with E-state index in [2.05, 4.69) is 64.4 Å². The van der Waals surface area contributed by atoms with Crippen LogP contribution in [0, 0.1) is 0 Å². The van der Waals surface area contributed by atoms with Gasteiger partial charge < -0.3 is 10.5 Å². The van der Waals surface area contributed by atoms with Gasteiger partial charge in [0.05, 0.1) is 12.6 Å². The van der Waals surface area contributed by atoms with E-state index < -0.39 is 6.03 Å². The molecule has 1 atom stereocenters. The Labute approximate surface area is 230 Å². The summed E-state index contributed by atoms with van der Waals surface area (Å²) in [6.07, 6.45) is 2.42. The number of piperazine rings is 1. The highest BCUT2D eigenvalue weighted by Gasteiger charge is 2.26. The van der Waals surface area contributed by atoms with E-state index in [1.54, 1.807) is 0 Å². The van der Waals surface area contributed by atoms with E-state index >= 15 is 0 Å². The normalized spacial score (nSPS) is 15.2. The van der Waals surface area contributed by atoms with Gasteiger partial charge >= 0.3 is 6.03 Å². The lowest BCUT2D eigenvalue weighted by molar-refractivity contribution is -0.0402. The van der Waals surface area contributed by atoms with Crippen molar-refractivity contribution < 1.29 is 14.7 Å². The Kier molecular flexibility index (Phi) is 10.4. The molecule has 0 unspecified atom stereocenters. The van der Waals surface area contributed by atoms with Crippen LogP contribution in [0.3, 0.4) is 0 Å². The molecule has 38 heavy (non-hydrogen) atoms. The third-order valence-corrected chi connectivity index (χ3v) is 7.26. The molecule has 1 saturated heterocycles. The van der Waals surface area contributed by atoms with Crippen molar-refractivity contribution >= 4 is 17.6 Å². The van der Waals surface area contributed by atoms with Crippen LogP contribution < -0.4 is 10.5 Å². The Morgan fingerprint density at radius 3 is 2.24 bits per heavy atom. The molecule has 0 bridgehead atoms. The zero-order valence-electron chi connectivity index (χ0n) is 21.7. The lowest BCUT2D eigenvalue weighted by Crippen LogP contribution is -2.48. The number of hydrogen-bond acceptors (Lipinski definition) is 5. The van der Waals surface area contributed by atoms with Crippen molar-refractivity contribution in [2.75, 3.05) is 45.9 Å². The summed E-state index contributed by atoms with van der Waals surface area (Å²) < 4.78 is 6.01. The average Bonchev–Trinajstić information content (AvgIpc) is 2.94. The highest BCUT2D eigenvalue weighted by atomic mass is 35.5. The molecule has 1 aliphatic heterocycles. The maximum atomic E-state index is 10.8. The molecular weight excluding hydrogens is 500 g/mol. The topological polar surface area (TPSA) is 82.3 Å². The van der Waals surface area contributed by atoms with Crippen molar-refractivity contribution in [1.29, 1.82) is 0 Å². The number of aryl methyl sites for hydroxylation is 1. The van der Waals surface area contributed by atoms with Crippen LogP contribution >= 0.6 is 11.6 Å². The van der Waals surface area contributed by atoms with Crippen molar-refractivity contribution in [2.24, 2.45) is 5.73 Å². The fourth-order valence-electron chi connectivity index (χ4n) is 4.89. The molecule has 3 N–H and O–H groups in total. The monoisotopic (exact) mass is 536 g/mol. The molecule has 8 heteroatoms. The molecule has 1 fully saturated rings. The van der Waals surface area contributed by atoms with Gasteiger partial charge in [0.1, 0.15) is 12.4 Å². The molecule has 4 rings (SSSR count). The Hall–Kier alpha value is -3.10. The summed E-state index contributed by atoms with van der Waals surface area (Å²) in [5.74, 6) is 0.870. The fraction of sp³-hybridized carbons (Fsp3) is 0.367. The minimum Gasteiger partial charge on any atom is -0.492 e. The van der Waals surface area contributed by atoms with Crippen LogP contribution in [-0.2, 0) is 6.42 Å². The minimum atomic E-state index is -0.817. The Bertz CT molecular complexity index is 1120. The van der Waals surface area contributed by atoms with Crippen molar-refractivity contribution in [3.63, 3.8) is 0 Å². The summed E-state index contributed by atoms with van der Waals surface area (Å²) in [4.78, 5) is 15.8. The van der Waals surface area contributed by atoms with Gasteiger partial charge in [-0.2, -0.15) is 0 Å². The first-order valence-electron chi connectivity index (χ1n) is 13.2. The van der Waals surface area contributed by atoms with Gasteiger partial charge in [0.15, 0.2) is 0 Å². The zero-order valence-corrected chi connectivity index (χ0v) is 22.5.